The van der Waals surface area contributed by atoms with E-state index in [1.165, 1.54) is 32.1 Å². The van der Waals surface area contributed by atoms with Crippen LogP contribution >= 0.6 is 0 Å². The zero-order valence-corrected chi connectivity index (χ0v) is 17.0. The first-order chi connectivity index (χ1) is 13.7. The second-order valence-corrected chi connectivity index (χ2v) is 7.32. The lowest BCUT2D eigenvalue weighted by Crippen LogP contribution is -2.44. The lowest BCUT2D eigenvalue weighted by molar-refractivity contribution is -0.176. The summed E-state index contributed by atoms with van der Waals surface area (Å²) in [5.74, 6) is -0.558. The molecule has 0 unspecified atom stereocenters. The van der Waals surface area contributed by atoms with E-state index < -0.39 is 6.04 Å². The standard InChI is InChI=1S/C22H34N2O4/c1-2-3-4-5-6-7-11-15-24(28-18-19-12-9-8-10-13-19)17-21(25)23-20-14-16-27-22(20)26/h8-10,12-13,20H,2-7,11,14-18H2,1H3,(H,23,25)/t20-/m0/s1. The summed E-state index contributed by atoms with van der Waals surface area (Å²) >= 11 is 0. The number of cyclic esters (lactones) is 1. The van der Waals surface area contributed by atoms with Crippen LogP contribution in [0, 0.1) is 0 Å². The summed E-state index contributed by atoms with van der Waals surface area (Å²) in [7, 11) is 0. The number of nitrogens with zero attached hydrogens (tertiary/aromatic N) is 1. The highest BCUT2D eigenvalue weighted by Gasteiger charge is 2.28. The van der Waals surface area contributed by atoms with Gasteiger partial charge in [0.1, 0.15) is 12.6 Å². The number of amides is 1. The topological polar surface area (TPSA) is 67.9 Å². The van der Waals surface area contributed by atoms with Gasteiger partial charge in [0.2, 0.25) is 5.91 Å². The Bertz CT molecular complexity index is 579. The molecule has 1 aromatic rings. The van der Waals surface area contributed by atoms with E-state index in [-0.39, 0.29) is 18.4 Å². The normalized spacial score (nSPS) is 16.4. The van der Waals surface area contributed by atoms with Gasteiger partial charge < -0.3 is 10.1 Å². The van der Waals surface area contributed by atoms with Crippen molar-refractivity contribution in [3.8, 4) is 0 Å². The van der Waals surface area contributed by atoms with Gasteiger partial charge in [-0.2, -0.15) is 5.06 Å². The fourth-order valence-corrected chi connectivity index (χ4v) is 3.20. The average molecular weight is 391 g/mol. The Balaban J connectivity index is 1.75. The van der Waals surface area contributed by atoms with Gasteiger partial charge in [-0.25, -0.2) is 4.79 Å². The third-order valence-electron chi connectivity index (χ3n) is 4.86. The summed E-state index contributed by atoms with van der Waals surface area (Å²) < 4.78 is 4.90. The Morgan fingerprint density at radius 1 is 1.14 bits per heavy atom. The second-order valence-electron chi connectivity index (χ2n) is 7.32. The van der Waals surface area contributed by atoms with Gasteiger partial charge >= 0.3 is 5.97 Å². The second kappa shape index (κ2) is 13.3. The number of hydroxylamine groups is 2. The Morgan fingerprint density at radius 3 is 2.54 bits per heavy atom. The molecule has 1 atom stereocenters. The van der Waals surface area contributed by atoms with Gasteiger partial charge in [-0.3, -0.25) is 9.63 Å². The number of carbonyl (C=O) groups is 2. The van der Waals surface area contributed by atoms with Crippen molar-refractivity contribution in [2.75, 3.05) is 19.7 Å². The summed E-state index contributed by atoms with van der Waals surface area (Å²) in [4.78, 5) is 29.8. The first-order valence-electron chi connectivity index (χ1n) is 10.6. The Morgan fingerprint density at radius 2 is 1.86 bits per heavy atom. The van der Waals surface area contributed by atoms with Gasteiger partial charge in [0.15, 0.2) is 0 Å². The third-order valence-corrected chi connectivity index (χ3v) is 4.86. The van der Waals surface area contributed by atoms with Crippen molar-refractivity contribution < 1.29 is 19.2 Å². The van der Waals surface area contributed by atoms with Crippen molar-refractivity contribution in [2.24, 2.45) is 0 Å². The SMILES string of the molecule is CCCCCCCCCN(CC(=O)N[C@H]1CCOC1=O)OCc1ccccc1. The minimum Gasteiger partial charge on any atom is -0.464 e. The Labute approximate surface area is 168 Å². The molecule has 0 saturated carbocycles. The predicted molar refractivity (Wildman–Crippen MR) is 108 cm³/mol. The van der Waals surface area contributed by atoms with Gasteiger partial charge in [-0.05, 0) is 12.0 Å². The third kappa shape index (κ3) is 8.85. The summed E-state index contributed by atoms with van der Waals surface area (Å²) in [6.45, 7) is 3.83. The molecule has 156 valence electrons. The van der Waals surface area contributed by atoms with Crippen molar-refractivity contribution in [1.82, 2.24) is 10.4 Å². The van der Waals surface area contributed by atoms with Crippen molar-refractivity contribution in [2.45, 2.75) is 70.9 Å². The maximum absolute atomic E-state index is 12.3. The molecule has 1 aromatic carbocycles. The van der Waals surface area contributed by atoms with Crippen LogP contribution in [0.25, 0.3) is 0 Å². The molecule has 0 aliphatic carbocycles. The molecule has 1 N–H and O–H groups in total. The number of ether oxygens (including phenoxy) is 1. The molecule has 0 bridgehead atoms. The van der Waals surface area contributed by atoms with Gasteiger partial charge in [0, 0.05) is 13.0 Å². The number of esters is 1. The van der Waals surface area contributed by atoms with Gasteiger partial charge in [-0.15, -0.1) is 0 Å². The van der Waals surface area contributed by atoms with E-state index in [1.807, 2.05) is 30.3 Å². The molecule has 6 nitrogen and oxygen atoms in total. The monoisotopic (exact) mass is 390 g/mol. The summed E-state index contributed by atoms with van der Waals surface area (Å²) in [5.41, 5.74) is 1.06. The molecule has 0 radical (unpaired) electrons. The highest BCUT2D eigenvalue weighted by atomic mass is 16.7. The molecular weight excluding hydrogens is 356 g/mol. The average Bonchev–Trinajstić information content (AvgIpc) is 3.10. The molecular formula is C22H34N2O4. The van der Waals surface area contributed by atoms with Crippen LogP contribution in [0.3, 0.4) is 0 Å². The van der Waals surface area contributed by atoms with Crippen LogP contribution in [-0.4, -0.2) is 42.7 Å². The zero-order valence-electron chi connectivity index (χ0n) is 17.0. The highest BCUT2D eigenvalue weighted by molar-refractivity contribution is 5.86. The van der Waals surface area contributed by atoms with Crippen molar-refractivity contribution in [3.05, 3.63) is 35.9 Å². The van der Waals surface area contributed by atoms with Crippen LogP contribution in [0.2, 0.25) is 0 Å². The van der Waals surface area contributed by atoms with Crippen LogP contribution in [0.4, 0.5) is 0 Å². The largest absolute Gasteiger partial charge is 0.464 e. The molecule has 6 heteroatoms. The minimum absolute atomic E-state index is 0.118. The molecule has 2 rings (SSSR count). The minimum atomic E-state index is -0.526. The quantitative estimate of drug-likeness (QED) is 0.299. The lowest BCUT2D eigenvalue weighted by Gasteiger charge is -2.22. The predicted octanol–water partition coefficient (Wildman–Crippen LogP) is 3.60. The molecule has 1 amide bonds. The highest BCUT2D eigenvalue weighted by Crippen LogP contribution is 2.10. The van der Waals surface area contributed by atoms with Crippen LogP contribution in [0.15, 0.2) is 30.3 Å². The van der Waals surface area contributed by atoms with Gasteiger partial charge in [0.05, 0.1) is 13.2 Å². The fraction of sp³-hybridized carbons (Fsp3) is 0.636. The number of hydrogen-bond donors (Lipinski definition) is 1. The van der Waals surface area contributed by atoms with Crippen molar-refractivity contribution in [1.29, 1.82) is 0 Å². The number of benzene rings is 1. The van der Waals surface area contributed by atoms with Crippen LogP contribution in [0.5, 0.6) is 0 Å². The lowest BCUT2D eigenvalue weighted by atomic mass is 10.1. The molecule has 0 spiro atoms. The molecule has 28 heavy (non-hydrogen) atoms. The van der Waals surface area contributed by atoms with Crippen molar-refractivity contribution in [3.63, 3.8) is 0 Å². The van der Waals surface area contributed by atoms with Gasteiger partial charge in [0.25, 0.3) is 0 Å². The number of unbranched alkanes of at least 4 members (excludes halogenated alkanes) is 6. The van der Waals surface area contributed by atoms with E-state index in [4.69, 9.17) is 9.57 Å². The van der Waals surface area contributed by atoms with Crippen LogP contribution < -0.4 is 5.32 Å². The first-order valence-corrected chi connectivity index (χ1v) is 10.6. The van der Waals surface area contributed by atoms with Crippen LogP contribution in [0.1, 0.15) is 63.9 Å². The Hall–Kier alpha value is -1.92. The van der Waals surface area contributed by atoms with E-state index in [0.29, 0.717) is 26.2 Å². The summed E-state index contributed by atoms with van der Waals surface area (Å²) in [5, 5.41) is 4.46. The first kappa shape index (κ1) is 22.4. The van der Waals surface area contributed by atoms with Crippen molar-refractivity contribution >= 4 is 11.9 Å². The number of carbonyl (C=O) groups excluding carboxylic acids is 2. The number of nitrogens with one attached hydrogen (secondary N) is 1. The smallest absolute Gasteiger partial charge is 0.328 e. The van der Waals surface area contributed by atoms with Crippen LogP contribution in [-0.2, 0) is 25.8 Å². The molecule has 1 heterocycles. The number of hydrogen-bond acceptors (Lipinski definition) is 5. The molecule has 0 aromatic heterocycles. The molecule has 1 aliphatic heterocycles. The maximum atomic E-state index is 12.3. The molecule has 1 aliphatic rings. The van der Waals surface area contributed by atoms with E-state index in [2.05, 4.69) is 12.2 Å². The van der Waals surface area contributed by atoms with E-state index in [1.54, 1.807) is 5.06 Å². The molecule has 1 saturated heterocycles. The Kier molecular flexibility index (Phi) is 10.6. The summed E-state index contributed by atoms with van der Waals surface area (Å²) in [6.07, 6.45) is 8.99. The van der Waals surface area contributed by atoms with E-state index in [9.17, 15) is 9.59 Å². The van der Waals surface area contributed by atoms with E-state index >= 15 is 0 Å². The molecule has 1 fully saturated rings. The summed E-state index contributed by atoms with van der Waals surface area (Å²) in [6, 6.07) is 9.38. The zero-order chi connectivity index (χ0) is 20.0. The van der Waals surface area contributed by atoms with Gasteiger partial charge in [-0.1, -0.05) is 75.8 Å². The fourth-order valence-electron chi connectivity index (χ4n) is 3.20. The number of rotatable bonds is 14. The maximum Gasteiger partial charge on any atom is 0.328 e. The van der Waals surface area contributed by atoms with E-state index in [0.717, 1.165) is 18.4 Å².